The van der Waals surface area contributed by atoms with E-state index in [4.69, 9.17) is 4.74 Å². The van der Waals surface area contributed by atoms with E-state index >= 15 is 0 Å². The van der Waals surface area contributed by atoms with Gasteiger partial charge in [-0.3, -0.25) is 0 Å². The van der Waals surface area contributed by atoms with E-state index in [0.29, 0.717) is 34.6 Å². The van der Waals surface area contributed by atoms with E-state index < -0.39 is 11.6 Å². The van der Waals surface area contributed by atoms with Crippen molar-refractivity contribution in [2.45, 2.75) is 18.2 Å². The van der Waals surface area contributed by atoms with Gasteiger partial charge in [0.25, 0.3) is 0 Å². The maximum atomic E-state index is 14.9. The molecule has 0 N–H and O–H groups in total. The number of rotatable bonds is 6. The van der Waals surface area contributed by atoms with Crippen LogP contribution in [0.1, 0.15) is 22.3 Å². The van der Waals surface area contributed by atoms with Gasteiger partial charge in [0, 0.05) is 0 Å². The molecule has 1 aliphatic carbocycles. The second kappa shape index (κ2) is 8.28. The Labute approximate surface area is 190 Å². The van der Waals surface area contributed by atoms with Gasteiger partial charge in [0.15, 0.2) is 0 Å². The van der Waals surface area contributed by atoms with Crippen LogP contribution >= 0.6 is 0 Å². The SMILES string of the molecule is FC(F)(F)C1(c2ccc(OCc3ccccc3)cc2)C(c2ccccc2)=C1c1ccccc1. The van der Waals surface area contributed by atoms with Crippen molar-refractivity contribution < 1.29 is 17.9 Å². The molecule has 0 bridgehead atoms. The monoisotopic (exact) mass is 442 g/mol. The molecule has 0 aliphatic heterocycles. The highest BCUT2D eigenvalue weighted by Crippen LogP contribution is 2.71. The van der Waals surface area contributed by atoms with Gasteiger partial charge in [0.05, 0.1) is 0 Å². The molecule has 0 heterocycles. The molecule has 4 aromatic rings. The summed E-state index contributed by atoms with van der Waals surface area (Å²) >= 11 is 0. The second-order valence-corrected chi connectivity index (χ2v) is 8.03. The molecule has 0 amide bonds. The maximum absolute atomic E-state index is 14.9. The minimum Gasteiger partial charge on any atom is -0.489 e. The zero-order valence-corrected chi connectivity index (χ0v) is 17.7. The number of ether oxygens (including phenoxy) is 1. The van der Waals surface area contributed by atoms with Crippen molar-refractivity contribution in [2.75, 3.05) is 0 Å². The van der Waals surface area contributed by atoms with Crippen LogP contribution in [0, 0.1) is 0 Å². The topological polar surface area (TPSA) is 9.23 Å². The molecule has 4 aromatic carbocycles. The fourth-order valence-corrected chi connectivity index (χ4v) is 4.49. The first-order chi connectivity index (χ1) is 16.0. The molecule has 0 radical (unpaired) electrons. The van der Waals surface area contributed by atoms with Gasteiger partial charge in [-0.05, 0) is 45.5 Å². The second-order valence-electron chi connectivity index (χ2n) is 8.03. The van der Waals surface area contributed by atoms with Gasteiger partial charge in [0.1, 0.15) is 17.8 Å². The molecule has 4 heteroatoms. The van der Waals surface area contributed by atoms with E-state index in [-0.39, 0.29) is 5.56 Å². The quantitative estimate of drug-likeness (QED) is 0.297. The smallest absolute Gasteiger partial charge is 0.406 e. The Bertz CT molecular complexity index is 1210. The summed E-state index contributed by atoms with van der Waals surface area (Å²) in [4.78, 5) is 0. The first kappa shape index (κ1) is 21.1. The molecule has 1 aliphatic rings. The van der Waals surface area contributed by atoms with Crippen molar-refractivity contribution in [3.8, 4) is 5.75 Å². The van der Waals surface area contributed by atoms with E-state index in [2.05, 4.69) is 0 Å². The number of hydrogen-bond acceptors (Lipinski definition) is 1. The van der Waals surface area contributed by atoms with Gasteiger partial charge in [-0.25, -0.2) is 0 Å². The Morgan fingerprint density at radius 1 is 0.576 bits per heavy atom. The van der Waals surface area contributed by atoms with Gasteiger partial charge in [-0.2, -0.15) is 13.2 Å². The lowest BCUT2D eigenvalue weighted by atomic mass is 9.84. The molecule has 0 atom stereocenters. The van der Waals surface area contributed by atoms with Crippen LogP contribution in [0.5, 0.6) is 5.75 Å². The molecular formula is C29H21F3O. The standard InChI is InChI=1S/C29H21F3O/c30-29(31,32)28(24-16-18-25(19-17-24)33-20-21-10-4-1-5-11-21)26(22-12-6-2-7-13-22)27(28)23-14-8-3-9-15-23/h1-19H,20H2. The van der Waals surface area contributed by atoms with E-state index in [0.717, 1.165) is 5.56 Å². The molecule has 0 saturated heterocycles. The third-order valence-corrected chi connectivity index (χ3v) is 6.02. The van der Waals surface area contributed by atoms with E-state index in [9.17, 15) is 13.2 Å². The van der Waals surface area contributed by atoms with Crippen LogP contribution in [0.15, 0.2) is 115 Å². The van der Waals surface area contributed by atoms with Crippen LogP contribution < -0.4 is 4.74 Å². The summed E-state index contributed by atoms with van der Waals surface area (Å²) in [7, 11) is 0. The third-order valence-electron chi connectivity index (χ3n) is 6.02. The predicted molar refractivity (Wildman–Crippen MR) is 125 cm³/mol. The molecule has 1 nitrogen and oxygen atoms in total. The number of alkyl halides is 3. The summed E-state index contributed by atoms with van der Waals surface area (Å²) in [6.45, 7) is 0.355. The van der Waals surface area contributed by atoms with Crippen LogP contribution in [0.3, 0.4) is 0 Å². The molecule has 33 heavy (non-hydrogen) atoms. The van der Waals surface area contributed by atoms with Crippen LogP contribution in [-0.4, -0.2) is 6.18 Å². The minimum absolute atomic E-state index is 0.194. The van der Waals surface area contributed by atoms with Gasteiger partial charge in [-0.15, -0.1) is 0 Å². The molecule has 5 rings (SSSR count). The molecule has 0 unspecified atom stereocenters. The Balaban J connectivity index is 1.53. The summed E-state index contributed by atoms with van der Waals surface area (Å²) in [5.74, 6) is 0.531. The molecule has 0 saturated carbocycles. The van der Waals surface area contributed by atoms with Crippen LogP contribution in [0.4, 0.5) is 13.2 Å². The van der Waals surface area contributed by atoms with Crippen LogP contribution in [0.2, 0.25) is 0 Å². The number of hydrogen-bond donors (Lipinski definition) is 0. The first-order valence-corrected chi connectivity index (χ1v) is 10.7. The maximum Gasteiger partial charge on any atom is 0.406 e. The summed E-state index contributed by atoms with van der Waals surface area (Å²) in [5.41, 5.74) is 0.818. The van der Waals surface area contributed by atoms with E-state index in [1.165, 1.54) is 12.1 Å². The van der Waals surface area contributed by atoms with Crippen molar-refractivity contribution in [1.29, 1.82) is 0 Å². The number of halogens is 3. The summed E-state index contributed by atoms with van der Waals surface area (Å²) in [5, 5.41) is 0. The highest BCUT2D eigenvalue weighted by molar-refractivity contribution is 6.20. The molecule has 0 fully saturated rings. The summed E-state index contributed by atoms with van der Waals surface area (Å²) in [6.07, 6.45) is -4.49. The third kappa shape index (κ3) is 3.72. The van der Waals surface area contributed by atoms with Gasteiger partial charge in [-0.1, -0.05) is 103 Å². The fraction of sp³-hybridized carbons (Fsp3) is 0.103. The van der Waals surface area contributed by atoms with Crippen molar-refractivity contribution in [1.82, 2.24) is 0 Å². The lowest BCUT2D eigenvalue weighted by molar-refractivity contribution is -0.149. The van der Waals surface area contributed by atoms with Gasteiger partial charge >= 0.3 is 6.18 Å². The number of benzene rings is 4. The van der Waals surface area contributed by atoms with Gasteiger partial charge in [0.2, 0.25) is 0 Å². The first-order valence-electron chi connectivity index (χ1n) is 10.7. The fourth-order valence-electron chi connectivity index (χ4n) is 4.49. The zero-order chi connectivity index (χ0) is 22.9. The molecule has 0 aromatic heterocycles. The Kier molecular flexibility index (Phi) is 5.29. The van der Waals surface area contributed by atoms with Crippen molar-refractivity contribution in [2.24, 2.45) is 0 Å². The average Bonchev–Trinajstić information content (AvgIpc) is 3.57. The van der Waals surface area contributed by atoms with Crippen molar-refractivity contribution in [3.05, 3.63) is 138 Å². The van der Waals surface area contributed by atoms with E-state index in [1.807, 2.05) is 42.5 Å². The zero-order valence-electron chi connectivity index (χ0n) is 17.7. The molecule has 0 spiro atoms. The highest BCUT2D eigenvalue weighted by atomic mass is 19.4. The largest absolute Gasteiger partial charge is 0.489 e. The normalized spacial score (nSPS) is 14.8. The van der Waals surface area contributed by atoms with E-state index in [1.54, 1.807) is 60.7 Å². The molecular weight excluding hydrogens is 421 g/mol. The highest BCUT2D eigenvalue weighted by Gasteiger charge is 2.71. The Morgan fingerprint density at radius 3 is 1.48 bits per heavy atom. The van der Waals surface area contributed by atoms with Crippen LogP contribution in [0.25, 0.3) is 11.1 Å². The summed E-state index contributed by atoms with van der Waals surface area (Å²) in [6, 6.07) is 33.6. The van der Waals surface area contributed by atoms with Crippen LogP contribution in [-0.2, 0) is 12.0 Å². The number of allylic oxidation sites excluding steroid dienone is 2. The Morgan fingerprint density at radius 2 is 1.03 bits per heavy atom. The molecule has 164 valence electrons. The minimum atomic E-state index is -4.49. The lowest BCUT2D eigenvalue weighted by Crippen LogP contribution is -2.33. The summed E-state index contributed by atoms with van der Waals surface area (Å²) < 4.78 is 50.3. The van der Waals surface area contributed by atoms with Crippen molar-refractivity contribution >= 4 is 11.1 Å². The predicted octanol–water partition coefficient (Wildman–Crippen LogP) is 7.69. The average molecular weight is 442 g/mol. The van der Waals surface area contributed by atoms with Gasteiger partial charge < -0.3 is 4.74 Å². The van der Waals surface area contributed by atoms with Crippen molar-refractivity contribution in [3.63, 3.8) is 0 Å². The Hall–Kier alpha value is -3.79. The lowest BCUT2D eigenvalue weighted by Gasteiger charge is -2.25.